The van der Waals surface area contributed by atoms with E-state index in [1.165, 1.54) is 12.1 Å². The van der Waals surface area contributed by atoms with Crippen molar-refractivity contribution in [1.29, 1.82) is 0 Å². The van der Waals surface area contributed by atoms with Gasteiger partial charge in [-0.1, -0.05) is 11.6 Å². The van der Waals surface area contributed by atoms with Crippen molar-refractivity contribution in [1.82, 2.24) is 39.5 Å². The zero-order chi connectivity index (χ0) is 37.7. The van der Waals surface area contributed by atoms with Gasteiger partial charge in [-0.05, 0) is 46.8 Å². The summed E-state index contributed by atoms with van der Waals surface area (Å²) in [6.07, 6.45) is 2.96. The first-order chi connectivity index (χ1) is 24.8. The minimum absolute atomic E-state index is 0.249. The lowest BCUT2D eigenvalue weighted by Gasteiger charge is -2.08. The lowest BCUT2D eigenvalue weighted by Crippen LogP contribution is -2.21. The molecule has 0 saturated heterocycles. The van der Waals surface area contributed by atoms with Gasteiger partial charge >= 0.3 is 6.18 Å². The number of nitrogens with one attached hydrogen (secondary N) is 1. The standard InChI is InChI=1S/C15H13F2N5.C14H9ClF2N4.C2H4F3N.CH4NP/c1-18-14-4-8(7-19-21-14)15-20-12-5-10(16)11(17)6-13(12)22(15)9-2-3-9;15-13-3-7(6-18-20-13)14-19-11-4-9(16)10(17)5-12(11)21(14)8-1-2-8;3-2(4,5)1-6;1-2-3/h4-7,9H,2-3H2,1H3,(H,18,21);3-6,8H,1-2H2;1,6H2;3H,1H3. The Bertz CT molecular complexity index is 2200. The smallest absolute Gasteiger partial charge is 0.372 e. The third kappa shape index (κ3) is 9.16. The fourth-order valence-corrected chi connectivity index (χ4v) is 5.23. The molecule has 0 spiro atoms. The molecule has 2 fully saturated rings. The van der Waals surface area contributed by atoms with E-state index in [9.17, 15) is 30.7 Å². The number of benzene rings is 2. The fraction of sp³-hybridized carbons (Fsp3) is 0.312. The van der Waals surface area contributed by atoms with E-state index in [1.807, 2.05) is 15.2 Å². The van der Waals surface area contributed by atoms with Gasteiger partial charge in [0.05, 0.1) is 41.0 Å². The van der Waals surface area contributed by atoms with Crippen molar-refractivity contribution >= 4 is 48.5 Å². The molecule has 274 valence electrons. The van der Waals surface area contributed by atoms with Crippen molar-refractivity contribution in [3.8, 4) is 22.8 Å². The number of nitrogens with zero attached hydrogens (tertiary/aromatic N) is 9. The van der Waals surface area contributed by atoms with E-state index in [2.05, 4.69) is 55.2 Å². The number of aromatic nitrogens is 8. The number of halogens is 8. The predicted molar refractivity (Wildman–Crippen MR) is 184 cm³/mol. The lowest BCUT2D eigenvalue weighted by atomic mass is 10.2. The fourth-order valence-electron chi connectivity index (χ4n) is 5.07. The first-order valence-electron chi connectivity index (χ1n) is 15.5. The summed E-state index contributed by atoms with van der Waals surface area (Å²) in [6, 6.07) is 8.64. The van der Waals surface area contributed by atoms with Gasteiger partial charge in [0.15, 0.2) is 28.4 Å². The maximum atomic E-state index is 13.6. The van der Waals surface area contributed by atoms with Crippen molar-refractivity contribution in [3.05, 3.63) is 77.2 Å². The number of hydrogen-bond acceptors (Lipinski definition) is 9. The molecular formula is C32H30ClF7N11P. The number of alkyl halides is 3. The van der Waals surface area contributed by atoms with Crippen molar-refractivity contribution in [2.24, 2.45) is 10.5 Å². The molecule has 2 aliphatic carbocycles. The summed E-state index contributed by atoms with van der Waals surface area (Å²) < 4.78 is 93.2. The quantitative estimate of drug-likeness (QED) is 0.132. The first kappa shape index (κ1) is 38.4. The summed E-state index contributed by atoms with van der Waals surface area (Å²) in [7, 11) is 6.22. The zero-order valence-electron chi connectivity index (χ0n) is 27.4. The molecule has 20 heteroatoms. The highest BCUT2D eigenvalue weighted by Crippen LogP contribution is 2.43. The average molecular weight is 768 g/mol. The van der Waals surface area contributed by atoms with E-state index >= 15 is 0 Å². The van der Waals surface area contributed by atoms with Crippen LogP contribution in [0.1, 0.15) is 37.8 Å². The molecule has 52 heavy (non-hydrogen) atoms. The van der Waals surface area contributed by atoms with E-state index in [1.54, 1.807) is 32.6 Å². The molecule has 0 unspecified atom stereocenters. The second kappa shape index (κ2) is 16.3. The molecule has 4 aromatic heterocycles. The van der Waals surface area contributed by atoms with Crippen LogP contribution in [0.3, 0.4) is 0 Å². The van der Waals surface area contributed by atoms with Crippen LogP contribution in [-0.4, -0.2) is 66.3 Å². The maximum Gasteiger partial charge on any atom is 0.400 e. The molecule has 2 aliphatic rings. The number of anilines is 1. The van der Waals surface area contributed by atoms with Gasteiger partial charge < -0.3 is 20.2 Å². The van der Waals surface area contributed by atoms with Crippen molar-refractivity contribution in [3.63, 3.8) is 0 Å². The monoisotopic (exact) mass is 767 g/mol. The van der Waals surface area contributed by atoms with Crippen LogP contribution in [0.2, 0.25) is 5.15 Å². The highest BCUT2D eigenvalue weighted by Gasteiger charge is 2.31. The number of rotatable bonds is 5. The summed E-state index contributed by atoms with van der Waals surface area (Å²) in [4.78, 5) is 8.90. The van der Waals surface area contributed by atoms with Crippen LogP contribution in [0, 0.1) is 23.3 Å². The van der Waals surface area contributed by atoms with Crippen LogP contribution in [0.5, 0.6) is 0 Å². The predicted octanol–water partition coefficient (Wildman–Crippen LogP) is 8.36. The van der Waals surface area contributed by atoms with Gasteiger partial charge in [0, 0.05) is 61.6 Å². The van der Waals surface area contributed by atoms with Crippen LogP contribution >= 0.6 is 20.6 Å². The van der Waals surface area contributed by atoms with Crippen LogP contribution in [0.15, 0.2) is 53.5 Å². The van der Waals surface area contributed by atoms with E-state index in [0.29, 0.717) is 45.1 Å². The van der Waals surface area contributed by atoms with E-state index in [-0.39, 0.29) is 17.2 Å². The van der Waals surface area contributed by atoms with Crippen LogP contribution in [0.4, 0.5) is 36.6 Å². The van der Waals surface area contributed by atoms with Gasteiger partial charge in [-0.2, -0.15) is 23.4 Å². The zero-order valence-corrected chi connectivity index (χ0v) is 29.2. The Morgan fingerprint density at radius 3 is 1.58 bits per heavy atom. The highest BCUT2D eigenvalue weighted by atomic mass is 35.5. The van der Waals surface area contributed by atoms with Crippen LogP contribution in [0.25, 0.3) is 44.8 Å². The number of fused-ring (bicyclic) bond motifs is 2. The second-order valence-corrected chi connectivity index (χ2v) is 12.3. The number of imidazole rings is 2. The van der Waals surface area contributed by atoms with Gasteiger partial charge in [-0.25, -0.2) is 27.5 Å². The van der Waals surface area contributed by atoms with E-state index in [0.717, 1.165) is 43.4 Å². The van der Waals surface area contributed by atoms with Crippen LogP contribution in [-0.2, 0) is 0 Å². The molecule has 0 bridgehead atoms. The minimum Gasteiger partial charge on any atom is -0.372 e. The molecular weight excluding hydrogens is 738 g/mol. The van der Waals surface area contributed by atoms with Crippen molar-refractivity contribution < 1.29 is 30.7 Å². The molecule has 0 aliphatic heterocycles. The summed E-state index contributed by atoms with van der Waals surface area (Å²) >= 11 is 5.86. The lowest BCUT2D eigenvalue weighted by molar-refractivity contribution is -0.118. The topological polar surface area (TPSA) is 138 Å². The molecule has 2 aromatic carbocycles. The first-order valence-corrected chi connectivity index (χ1v) is 16.4. The molecule has 0 radical (unpaired) electrons. The number of hydrogen-bond donors (Lipinski definition) is 2. The largest absolute Gasteiger partial charge is 0.400 e. The third-order valence-corrected chi connectivity index (χ3v) is 7.76. The highest BCUT2D eigenvalue weighted by molar-refractivity contribution is 7.03. The molecule has 11 nitrogen and oxygen atoms in total. The van der Waals surface area contributed by atoms with Gasteiger partial charge in [0.25, 0.3) is 0 Å². The van der Waals surface area contributed by atoms with Gasteiger partial charge in [-0.15, -0.1) is 10.2 Å². The Morgan fingerprint density at radius 2 is 1.19 bits per heavy atom. The summed E-state index contributed by atoms with van der Waals surface area (Å²) in [5.74, 6) is -1.64. The Labute approximate surface area is 298 Å². The molecule has 0 amide bonds. The van der Waals surface area contributed by atoms with Crippen molar-refractivity contribution in [2.75, 3.05) is 26.0 Å². The maximum absolute atomic E-state index is 13.6. The number of nitrogens with two attached hydrogens (primary N) is 1. The molecule has 2 saturated carbocycles. The third-order valence-electron chi connectivity index (χ3n) is 7.57. The average Bonchev–Trinajstić information content (AvgIpc) is 4.06. The SMILES string of the molecule is CN=P.CNc1cc(-c2nc3cc(F)c(F)cc3n2C2CC2)cnn1.Fc1cc2nc(-c3cnnc(Cl)c3)n(C3CC3)c2cc1F.NCC(F)(F)F. The summed E-state index contributed by atoms with van der Waals surface area (Å²) in [6.45, 7) is -1.23. The van der Waals surface area contributed by atoms with Gasteiger partial charge in [0.2, 0.25) is 0 Å². The van der Waals surface area contributed by atoms with Crippen LogP contribution < -0.4 is 11.1 Å². The Kier molecular flexibility index (Phi) is 12.0. The van der Waals surface area contributed by atoms with Crippen molar-refractivity contribution in [2.45, 2.75) is 43.9 Å². The Morgan fingerprint density at radius 1 is 0.788 bits per heavy atom. The molecule has 4 heterocycles. The van der Waals surface area contributed by atoms with E-state index < -0.39 is 36.0 Å². The van der Waals surface area contributed by atoms with Gasteiger partial charge in [0.1, 0.15) is 17.5 Å². The van der Waals surface area contributed by atoms with E-state index in [4.69, 9.17) is 11.6 Å². The molecule has 8 rings (SSSR count). The molecule has 0 atom stereocenters. The summed E-state index contributed by atoms with van der Waals surface area (Å²) in [5, 5.41) is 18.6. The normalized spacial score (nSPS) is 13.8. The second-order valence-electron chi connectivity index (χ2n) is 11.5. The van der Waals surface area contributed by atoms with Gasteiger partial charge in [-0.3, -0.25) is 4.74 Å². The summed E-state index contributed by atoms with van der Waals surface area (Å²) in [5.41, 5.74) is 7.69. The molecule has 3 N–H and O–H groups in total. The Hall–Kier alpha value is -4.80. The Balaban J connectivity index is 0.000000164. The molecule has 6 aromatic rings. The minimum atomic E-state index is -4.18.